The molecule has 0 saturated carbocycles. The summed E-state index contributed by atoms with van der Waals surface area (Å²) in [5, 5.41) is 7.51. The number of nitrogens with zero attached hydrogens (tertiary/aromatic N) is 3. The van der Waals surface area contributed by atoms with E-state index >= 15 is 0 Å². The number of thiazole rings is 1. The lowest BCUT2D eigenvalue weighted by Gasteiger charge is -2.22. The molecule has 2 N–H and O–H groups in total. The Bertz CT molecular complexity index is 1060. The van der Waals surface area contributed by atoms with E-state index in [2.05, 4.69) is 20.1 Å². The van der Waals surface area contributed by atoms with Crippen LogP contribution < -0.4 is 10.0 Å². The number of hydrogen-bond acceptors (Lipinski definition) is 7. The molecule has 8 nitrogen and oxygen atoms in total. The van der Waals surface area contributed by atoms with Crippen molar-refractivity contribution in [3.8, 4) is 0 Å². The van der Waals surface area contributed by atoms with Crippen molar-refractivity contribution in [3.63, 3.8) is 0 Å². The van der Waals surface area contributed by atoms with Crippen LogP contribution >= 0.6 is 22.9 Å². The molecular weight excluding hydrogens is 434 g/mol. The number of sulfonamides is 1. The second kappa shape index (κ2) is 8.70. The van der Waals surface area contributed by atoms with Gasteiger partial charge in [-0.1, -0.05) is 11.6 Å². The number of aromatic nitrogens is 3. The fourth-order valence-corrected chi connectivity index (χ4v) is 5.01. The van der Waals surface area contributed by atoms with Gasteiger partial charge in [-0.15, -0.1) is 11.3 Å². The lowest BCUT2D eigenvalue weighted by atomic mass is 10.1. The molecule has 3 aromatic rings. The van der Waals surface area contributed by atoms with E-state index in [0.717, 1.165) is 23.4 Å². The fourth-order valence-electron chi connectivity index (χ4n) is 3.06. The average Bonchev–Trinajstić information content (AvgIpc) is 3.36. The van der Waals surface area contributed by atoms with Gasteiger partial charge in [0.15, 0.2) is 4.47 Å². The van der Waals surface area contributed by atoms with Gasteiger partial charge in [0.05, 0.1) is 29.4 Å². The van der Waals surface area contributed by atoms with Crippen LogP contribution in [-0.4, -0.2) is 36.4 Å². The zero-order valence-corrected chi connectivity index (χ0v) is 17.8. The van der Waals surface area contributed by atoms with Crippen molar-refractivity contribution in [3.05, 3.63) is 52.2 Å². The first-order valence-corrected chi connectivity index (χ1v) is 11.8. The van der Waals surface area contributed by atoms with Crippen LogP contribution in [0.5, 0.6) is 0 Å². The van der Waals surface area contributed by atoms with Crippen LogP contribution in [0.2, 0.25) is 4.47 Å². The Morgan fingerprint density at radius 2 is 1.93 bits per heavy atom. The molecular formula is C18H20ClN5O3S2. The summed E-state index contributed by atoms with van der Waals surface area (Å²) in [5.74, 6) is 0. The first-order valence-electron chi connectivity index (χ1n) is 9.08. The van der Waals surface area contributed by atoms with Crippen LogP contribution in [0.3, 0.4) is 0 Å². The lowest BCUT2D eigenvalue weighted by molar-refractivity contribution is 0.0662. The van der Waals surface area contributed by atoms with Crippen molar-refractivity contribution in [2.75, 3.05) is 23.3 Å². The van der Waals surface area contributed by atoms with Gasteiger partial charge in [-0.2, -0.15) is 5.10 Å². The van der Waals surface area contributed by atoms with E-state index in [1.165, 1.54) is 17.5 Å². The van der Waals surface area contributed by atoms with Crippen LogP contribution in [0.15, 0.2) is 47.8 Å². The van der Waals surface area contributed by atoms with Crippen molar-refractivity contribution < 1.29 is 13.2 Å². The third-order valence-electron chi connectivity index (χ3n) is 4.58. The van der Waals surface area contributed by atoms with Crippen molar-refractivity contribution >= 4 is 44.3 Å². The average molecular weight is 454 g/mol. The highest BCUT2D eigenvalue weighted by molar-refractivity contribution is 7.92. The molecule has 0 amide bonds. The number of halogens is 1. The molecule has 2 aromatic heterocycles. The summed E-state index contributed by atoms with van der Waals surface area (Å²) < 4.78 is 35.6. The van der Waals surface area contributed by atoms with E-state index < -0.39 is 10.0 Å². The highest BCUT2D eigenvalue weighted by Crippen LogP contribution is 2.24. The first-order chi connectivity index (χ1) is 14.0. The molecule has 0 radical (unpaired) electrons. The van der Waals surface area contributed by atoms with Gasteiger partial charge in [0.2, 0.25) is 0 Å². The summed E-state index contributed by atoms with van der Waals surface area (Å²) >= 11 is 7.22. The number of hydrogen-bond donors (Lipinski definition) is 2. The summed E-state index contributed by atoms with van der Waals surface area (Å²) in [5.41, 5.74) is 1.25. The molecule has 154 valence electrons. The van der Waals surface area contributed by atoms with E-state index in [0.29, 0.717) is 29.9 Å². The van der Waals surface area contributed by atoms with Gasteiger partial charge < -0.3 is 10.1 Å². The summed E-state index contributed by atoms with van der Waals surface area (Å²) in [6, 6.07) is 6.81. The summed E-state index contributed by atoms with van der Waals surface area (Å²) in [6.45, 7) is 1.96. The molecule has 0 aliphatic carbocycles. The lowest BCUT2D eigenvalue weighted by Crippen LogP contribution is -2.19. The summed E-state index contributed by atoms with van der Waals surface area (Å²) in [7, 11) is -3.69. The summed E-state index contributed by atoms with van der Waals surface area (Å²) in [4.78, 5) is 5.17. The van der Waals surface area contributed by atoms with Crippen LogP contribution in [0.4, 0.5) is 11.4 Å². The Morgan fingerprint density at radius 3 is 2.62 bits per heavy atom. The minimum Gasteiger partial charge on any atom is -0.381 e. The molecule has 3 heterocycles. The Morgan fingerprint density at radius 1 is 1.17 bits per heavy atom. The zero-order chi connectivity index (χ0) is 20.3. The molecule has 1 aliphatic rings. The highest BCUT2D eigenvalue weighted by atomic mass is 35.5. The quantitative estimate of drug-likeness (QED) is 0.565. The number of anilines is 2. The van der Waals surface area contributed by atoms with Gasteiger partial charge in [-0.3, -0.25) is 9.40 Å². The van der Waals surface area contributed by atoms with Crippen molar-refractivity contribution in [1.82, 2.24) is 14.8 Å². The van der Waals surface area contributed by atoms with Crippen molar-refractivity contribution in [2.45, 2.75) is 30.3 Å². The van der Waals surface area contributed by atoms with E-state index in [1.54, 1.807) is 41.3 Å². The molecule has 0 atom stereocenters. The van der Waals surface area contributed by atoms with E-state index in [4.69, 9.17) is 16.3 Å². The Labute approximate surface area is 177 Å². The monoisotopic (exact) mass is 453 g/mol. The normalized spacial score (nSPS) is 15.3. The second-order valence-electron chi connectivity index (χ2n) is 6.62. The largest absolute Gasteiger partial charge is 0.381 e. The van der Waals surface area contributed by atoms with Gasteiger partial charge in [-0.05, 0) is 37.1 Å². The molecule has 4 rings (SSSR count). The van der Waals surface area contributed by atoms with Gasteiger partial charge in [-0.25, -0.2) is 13.4 Å². The Hall–Kier alpha value is -2.14. The molecule has 1 saturated heterocycles. The Kier molecular flexibility index (Phi) is 6.04. The maximum absolute atomic E-state index is 12.7. The predicted octanol–water partition coefficient (Wildman–Crippen LogP) is 3.76. The number of benzene rings is 1. The maximum atomic E-state index is 12.7. The molecule has 0 spiro atoms. The molecule has 29 heavy (non-hydrogen) atoms. The molecule has 1 fully saturated rings. The Balaban J connectivity index is 1.38. The van der Waals surface area contributed by atoms with Gasteiger partial charge >= 0.3 is 0 Å². The van der Waals surface area contributed by atoms with Gasteiger partial charge in [0.25, 0.3) is 10.0 Å². The third-order valence-corrected chi connectivity index (χ3v) is 7.09. The fraction of sp³-hybridized carbons (Fsp3) is 0.333. The minimum absolute atomic E-state index is 0.183. The molecule has 11 heteroatoms. The van der Waals surface area contributed by atoms with E-state index in [1.807, 2.05) is 0 Å². The van der Waals surface area contributed by atoms with Crippen molar-refractivity contribution in [2.24, 2.45) is 0 Å². The summed E-state index contributed by atoms with van der Waals surface area (Å²) in [6.07, 6.45) is 6.71. The SMILES string of the molecule is O=S(=O)(Nc1cnn(C2CCOCC2)c1)c1ccc(NCc2cnc(Cl)s2)cc1. The topological polar surface area (TPSA) is 98.1 Å². The van der Waals surface area contributed by atoms with Crippen LogP contribution in [0.1, 0.15) is 23.8 Å². The standard InChI is InChI=1S/C18H20ClN5O3S2/c19-18-21-11-16(28-18)10-20-13-1-3-17(4-2-13)29(25,26)23-14-9-22-24(12-14)15-5-7-27-8-6-15/h1-4,9,11-12,15,20,23H,5-8,10H2. The van der Waals surface area contributed by atoms with E-state index in [9.17, 15) is 8.42 Å². The number of nitrogens with one attached hydrogen (secondary N) is 2. The molecule has 1 aromatic carbocycles. The zero-order valence-electron chi connectivity index (χ0n) is 15.4. The van der Waals surface area contributed by atoms with Gasteiger partial charge in [0, 0.05) is 36.2 Å². The maximum Gasteiger partial charge on any atom is 0.261 e. The smallest absolute Gasteiger partial charge is 0.261 e. The third kappa shape index (κ3) is 5.08. The van der Waals surface area contributed by atoms with Crippen LogP contribution in [0, 0.1) is 0 Å². The van der Waals surface area contributed by atoms with Crippen LogP contribution in [-0.2, 0) is 21.3 Å². The van der Waals surface area contributed by atoms with E-state index in [-0.39, 0.29) is 10.9 Å². The van der Waals surface area contributed by atoms with Gasteiger partial charge in [0.1, 0.15) is 0 Å². The highest BCUT2D eigenvalue weighted by Gasteiger charge is 2.19. The minimum atomic E-state index is -3.69. The molecule has 0 bridgehead atoms. The van der Waals surface area contributed by atoms with Crippen LogP contribution in [0.25, 0.3) is 0 Å². The molecule has 0 unspecified atom stereocenters. The number of ether oxygens (including phenoxy) is 1. The number of rotatable bonds is 7. The predicted molar refractivity (Wildman–Crippen MR) is 113 cm³/mol. The first kappa shape index (κ1) is 20.1. The molecule has 1 aliphatic heterocycles. The second-order valence-corrected chi connectivity index (χ2v) is 10.00. The van der Waals surface area contributed by atoms with Crippen molar-refractivity contribution in [1.29, 1.82) is 0 Å².